The first kappa shape index (κ1) is 14.4. The summed E-state index contributed by atoms with van der Waals surface area (Å²) in [4.78, 5) is 11.3. The fourth-order valence-corrected chi connectivity index (χ4v) is 1.38. The molecule has 0 heterocycles. The number of carbonyl (C=O) groups is 1. The number of halogens is 2. The van der Waals surface area contributed by atoms with Crippen molar-refractivity contribution < 1.29 is 18.3 Å². The summed E-state index contributed by atoms with van der Waals surface area (Å²) in [6.07, 6.45) is -0.201. The number of rotatable bonds is 3. The molecule has 0 saturated carbocycles. The molecule has 1 amide bonds. The highest BCUT2D eigenvalue weighted by Crippen LogP contribution is 2.09. The zero-order valence-corrected chi connectivity index (χ0v) is 10.7. The Morgan fingerprint density at radius 2 is 1.78 bits per heavy atom. The van der Waals surface area contributed by atoms with E-state index in [1.54, 1.807) is 20.8 Å². The van der Waals surface area contributed by atoms with Gasteiger partial charge in [0.2, 0.25) is 0 Å². The van der Waals surface area contributed by atoms with Gasteiger partial charge in [-0.3, -0.25) is 0 Å². The van der Waals surface area contributed by atoms with Crippen LogP contribution in [0.1, 0.15) is 26.3 Å². The molecule has 3 nitrogen and oxygen atoms in total. The number of benzene rings is 1. The summed E-state index contributed by atoms with van der Waals surface area (Å²) in [6.45, 7) is 5.54. The lowest BCUT2D eigenvalue weighted by molar-refractivity contribution is 0.0528. The minimum absolute atomic E-state index is 0.262. The van der Waals surface area contributed by atoms with Crippen LogP contribution < -0.4 is 5.32 Å². The van der Waals surface area contributed by atoms with Crippen LogP contribution in [0.15, 0.2) is 18.2 Å². The van der Waals surface area contributed by atoms with E-state index in [0.29, 0.717) is 12.0 Å². The van der Waals surface area contributed by atoms with Gasteiger partial charge in [-0.1, -0.05) is 0 Å². The van der Waals surface area contributed by atoms with Gasteiger partial charge < -0.3 is 10.1 Å². The van der Waals surface area contributed by atoms with Gasteiger partial charge in [-0.25, -0.2) is 13.6 Å². The number of alkyl carbamates (subject to hydrolysis) is 1. The highest BCUT2D eigenvalue weighted by atomic mass is 19.1. The predicted molar refractivity (Wildman–Crippen MR) is 64.3 cm³/mol. The molecule has 1 N–H and O–H groups in total. The van der Waals surface area contributed by atoms with Crippen LogP contribution in [0.4, 0.5) is 13.6 Å². The molecule has 1 rings (SSSR count). The Morgan fingerprint density at radius 3 is 2.28 bits per heavy atom. The highest BCUT2D eigenvalue weighted by Gasteiger charge is 2.15. The Bertz CT molecular complexity index is 407. The van der Waals surface area contributed by atoms with Crippen molar-refractivity contribution in [3.05, 3.63) is 35.4 Å². The SMILES string of the molecule is CC(C)(C)OC(=O)NCCc1cc(F)cc(F)c1. The van der Waals surface area contributed by atoms with Gasteiger partial charge in [0.1, 0.15) is 17.2 Å². The first-order valence-corrected chi connectivity index (χ1v) is 5.68. The van der Waals surface area contributed by atoms with Gasteiger partial charge in [0.25, 0.3) is 0 Å². The van der Waals surface area contributed by atoms with E-state index in [0.717, 1.165) is 6.07 Å². The molecule has 5 heteroatoms. The van der Waals surface area contributed by atoms with E-state index in [2.05, 4.69) is 5.32 Å². The summed E-state index contributed by atoms with van der Waals surface area (Å²) < 4.78 is 30.8. The van der Waals surface area contributed by atoms with Gasteiger partial charge in [-0.15, -0.1) is 0 Å². The summed E-state index contributed by atoms with van der Waals surface area (Å²) in [7, 11) is 0. The van der Waals surface area contributed by atoms with Crippen molar-refractivity contribution in [2.24, 2.45) is 0 Å². The number of ether oxygens (including phenoxy) is 1. The lowest BCUT2D eigenvalue weighted by Crippen LogP contribution is -2.33. The second-order valence-corrected chi connectivity index (χ2v) is 4.96. The number of amides is 1. The molecule has 0 aromatic heterocycles. The first-order chi connectivity index (χ1) is 8.26. The predicted octanol–water partition coefficient (Wildman–Crippen LogP) is 3.03. The number of carbonyl (C=O) groups excluding carboxylic acids is 1. The lowest BCUT2D eigenvalue weighted by Gasteiger charge is -2.19. The molecule has 1 aromatic rings. The van der Waals surface area contributed by atoms with Crippen LogP contribution in [-0.4, -0.2) is 18.2 Å². The molecular weight excluding hydrogens is 240 g/mol. The smallest absolute Gasteiger partial charge is 0.407 e. The van der Waals surface area contributed by atoms with Gasteiger partial charge >= 0.3 is 6.09 Å². The molecule has 0 spiro atoms. The third kappa shape index (κ3) is 5.61. The van der Waals surface area contributed by atoms with Gasteiger partial charge in [-0.05, 0) is 44.9 Å². The van der Waals surface area contributed by atoms with E-state index < -0.39 is 23.3 Å². The zero-order chi connectivity index (χ0) is 13.8. The normalized spacial score (nSPS) is 11.2. The summed E-state index contributed by atoms with van der Waals surface area (Å²) in [5.74, 6) is -1.25. The van der Waals surface area contributed by atoms with Crippen molar-refractivity contribution in [3.63, 3.8) is 0 Å². The molecule has 0 aliphatic heterocycles. The van der Waals surface area contributed by atoms with Crippen LogP contribution in [0.3, 0.4) is 0 Å². The minimum Gasteiger partial charge on any atom is -0.444 e. The Balaban J connectivity index is 2.40. The third-order valence-electron chi connectivity index (χ3n) is 2.00. The summed E-state index contributed by atoms with van der Waals surface area (Å²) in [5.41, 5.74) is -0.0711. The van der Waals surface area contributed by atoms with Gasteiger partial charge in [0.15, 0.2) is 0 Å². The summed E-state index contributed by atoms with van der Waals surface area (Å²) in [6, 6.07) is 3.28. The van der Waals surface area contributed by atoms with Crippen LogP contribution in [0.5, 0.6) is 0 Å². The van der Waals surface area contributed by atoms with Crippen molar-refractivity contribution in [1.29, 1.82) is 0 Å². The molecule has 0 aliphatic rings. The minimum atomic E-state index is -0.623. The topological polar surface area (TPSA) is 38.3 Å². The Hall–Kier alpha value is -1.65. The number of nitrogens with one attached hydrogen (secondary N) is 1. The molecule has 18 heavy (non-hydrogen) atoms. The molecule has 0 saturated heterocycles. The van der Waals surface area contributed by atoms with E-state index >= 15 is 0 Å². The first-order valence-electron chi connectivity index (χ1n) is 5.68. The van der Waals surface area contributed by atoms with E-state index in [9.17, 15) is 13.6 Å². The number of hydrogen-bond acceptors (Lipinski definition) is 2. The van der Waals surface area contributed by atoms with Crippen molar-refractivity contribution >= 4 is 6.09 Å². The van der Waals surface area contributed by atoms with Crippen LogP contribution >= 0.6 is 0 Å². The van der Waals surface area contributed by atoms with Crippen LogP contribution in [0.2, 0.25) is 0 Å². The number of hydrogen-bond donors (Lipinski definition) is 1. The summed E-state index contributed by atoms with van der Waals surface area (Å²) in [5, 5.41) is 2.52. The Morgan fingerprint density at radius 1 is 1.22 bits per heavy atom. The third-order valence-corrected chi connectivity index (χ3v) is 2.00. The maximum absolute atomic E-state index is 12.9. The van der Waals surface area contributed by atoms with Gasteiger partial charge in [0.05, 0.1) is 0 Å². The molecule has 0 radical (unpaired) electrons. The van der Waals surface area contributed by atoms with Crippen molar-refractivity contribution in [2.75, 3.05) is 6.54 Å². The fourth-order valence-electron chi connectivity index (χ4n) is 1.38. The quantitative estimate of drug-likeness (QED) is 0.903. The van der Waals surface area contributed by atoms with Crippen molar-refractivity contribution in [1.82, 2.24) is 5.32 Å². The van der Waals surface area contributed by atoms with Crippen LogP contribution in [0, 0.1) is 11.6 Å². The standard InChI is InChI=1S/C13H17F2NO2/c1-13(2,3)18-12(17)16-5-4-9-6-10(14)8-11(15)7-9/h6-8H,4-5H2,1-3H3,(H,16,17). The Labute approximate surface area is 105 Å². The Kier molecular flexibility index (Phi) is 4.64. The summed E-state index contributed by atoms with van der Waals surface area (Å²) >= 11 is 0. The molecule has 1 aromatic carbocycles. The molecular formula is C13H17F2NO2. The van der Waals surface area contributed by atoms with E-state index in [1.807, 2.05) is 0 Å². The molecule has 0 bridgehead atoms. The molecule has 0 aliphatic carbocycles. The maximum atomic E-state index is 12.9. The fraction of sp³-hybridized carbons (Fsp3) is 0.462. The van der Waals surface area contributed by atoms with Crippen LogP contribution in [-0.2, 0) is 11.2 Å². The van der Waals surface area contributed by atoms with E-state index in [-0.39, 0.29) is 6.54 Å². The van der Waals surface area contributed by atoms with Crippen LogP contribution in [0.25, 0.3) is 0 Å². The second-order valence-electron chi connectivity index (χ2n) is 4.96. The van der Waals surface area contributed by atoms with Crippen molar-refractivity contribution in [2.45, 2.75) is 32.8 Å². The lowest BCUT2D eigenvalue weighted by atomic mass is 10.1. The van der Waals surface area contributed by atoms with Gasteiger partial charge in [0, 0.05) is 12.6 Å². The molecule has 100 valence electrons. The largest absolute Gasteiger partial charge is 0.444 e. The highest BCUT2D eigenvalue weighted by molar-refractivity contribution is 5.67. The van der Waals surface area contributed by atoms with Crippen molar-refractivity contribution in [3.8, 4) is 0 Å². The molecule has 0 fully saturated rings. The van der Waals surface area contributed by atoms with E-state index in [4.69, 9.17) is 4.74 Å². The average molecular weight is 257 g/mol. The molecule has 0 unspecified atom stereocenters. The van der Waals surface area contributed by atoms with E-state index in [1.165, 1.54) is 12.1 Å². The zero-order valence-electron chi connectivity index (χ0n) is 10.7. The maximum Gasteiger partial charge on any atom is 0.407 e. The average Bonchev–Trinajstić information content (AvgIpc) is 2.12. The monoisotopic (exact) mass is 257 g/mol. The second kappa shape index (κ2) is 5.80. The van der Waals surface area contributed by atoms with Gasteiger partial charge in [-0.2, -0.15) is 0 Å². The molecule has 0 atom stereocenters.